The predicted octanol–water partition coefficient (Wildman–Crippen LogP) is -0.534. The van der Waals surface area contributed by atoms with Crippen molar-refractivity contribution in [2.75, 3.05) is 0 Å². The van der Waals surface area contributed by atoms with Crippen molar-refractivity contribution < 1.29 is 9.90 Å². The second-order valence-electron chi connectivity index (χ2n) is 1.75. The van der Waals surface area contributed by atoms with Crippen molar-refractivity contribution in [1.82, 2.24) is 0 Å². The molecule has 1 atom stereocenters. The van der Waals surface area contributed by atoms with Crippen LogP contribution in [0.5, 0.6) is 0 Å². The number of carboxylic acid groups (broad SMARTS) is 1. The number of hydrogen-bond donors (Lipinski definition) is 3. The predicted molar refractivity (Wildman–Crippen MR) is 37.5 cm³/mol. The largest absolute Gasteiger partial charge is 0.477 e. The van der Waals surface area contributed by atoms with Gasteiger partial charge in [-0.2, -0.15) is 0 Å². The Morgan fingerprint density at radius 1 is 1.90 bits per heavy atom. The maximum absolute atomic E-state index is 9.87. The van der Waals surface area contributed by atoms with Crippen LogP contribution < -0.4 is 5.73 Å². The van der Waals surface area contributed by atoms with Crippen LogP contribution in [0.3, 0.4) is 0 Å². The highest BCUT2D eigenvalue weighted by Gasteiger charge is 2.00. The molecule has 56 valence electrons. The SMILES string of the molecule is CC(/N=C/C(=O)O)C(=N)N. The molecule has 0 spiro atoms. The molecule has 0 aliphatic carbocycles. The number of aliphatic imine (C=N–C) groups is 1. The molecule has 0 aromatic heterocycles. The summed E-state index contributed by atoms with van der Waals surface area (Å²) in [5.74, 6) is -1.27. The Hall–Kier alpha value is -1.39. The summed E-state index contributed by atoms with van der Waals surface area (Å²) in [5.41, 5.74) is 5.00. The van der Waals surface area contributed by atoms with Gasteiger partial charge in [-0.15, -0.1) is 0 Å². The fourth-order valence-electron chi connectivity index (χ4n) is 0.256. The van der Waals surface area contributed by atoms with Crippen LogP contribution in [0.25, 0.3) is 0 Å². The summed E-state index contributed by atoms with van der Waals surface area (Å²) in [7, 11) is 0. The van der Waals surface area contributed by atoms with E-state index in [-0.39, 0.29) is 5.84 Å². The molecule has 5 nitrogen and oxygen atoms in total. The summed E-state index contributed by atoms with van der Waals surface area (Å²) < 4.78 is 0. The minimum absolute atomic E-state index is 0.141. The van der Waals surface area contributed by atoms with Gasteiger partial charge in [-0.1, -0.05) is 0 Å². The van der Waals surface area contributed by atoms with E-state index in [0.717, 1.165) is 6.21 Å². The molecule has 0 aromatic rings. The molecule has 0 aliphatic rings. The van der Waals surface area contributed by atoms with Gasteiger partial charge >= 0.3 is 5.97 Å². The minimum atomic E-state index is -1.13. The van der Waals surface area contributed by atoms with E-state index in [1.807, 2.05) is 0 Å². The molecule has 0 saturated carbocycles. The van der Waals surface area contributed by atoms with E-state index >= 15 is 0 Å². The first-order valence-corrected chi connectivity index (χ1v) is 2.64. The first-order chi connectivity index (χ1) is 4.54. The zero-order valence-corrected chi connectivity index (χ0v) is 5.53. The molecule has 0 fully saturated rings. The van der Waals surface area contributed by atoms with Crippen LogP contribution in [0.1, 0.15) is 6.92 Å². The third kappa shape index (κ3) is 3.59. The van der Waals surface area contributed by atoms with Crippen LogP contribution in [-0.4, -0.2) is 29.2 Å². The molecule has 0 saturated heterocycles. The highest BCUT2D eigenvalue weighted by Crippen LogP contribution is 1.84. The van der Waals surface area contributed by atoms with Crippen molar-refractivity contribution in [3.63, 3.8) is 0 Å². The van der Waals surface area contributed by atoms with Crippen LogP contribution in [0.15, 0.2) is 4.99 Å². The van der Waals surface area contributed by atoms with E-state index in [1.165, 1.54) is 0 Å². The first-order valence-electron chi connectivity index (χ1n) is 2.64. The summed E-state index contributed by atoms with van der Waals surface area (Å²) in [6.07, 6.45) is 0.728. The van der Waals surface area contributed by atoms with Gasteiger partial charge in [-0.05, 0) is 6.92 Å². The van der Waals surface area contributed by atoms with Gasteiger partial charge in [0, 0.05) is 0 Å². The molecule has 0 radical (unpaired) electrons. The molecule has 10 heavy (non-hydrogen) atoms. The van der Waals surface area contributed by atoms with Gasteiger partial charge in [-0.3, -0.25) is 10.4 Å². The summed E-state index contributed by atoms with van der Waals surface area (Å²) in [6.45, 7) is 1.54. The Bertz CT molecular complexity index is 176. The number of carbonyl (C=O) groups is 1. The van der Waals surface area contributed by atoms with Crippen LogP contribution in [0, 0.1) is 5.41 Å². The van der Waals surface area contributed by atoms with E-state index in [4.69, 9.17) is 16.2 Å². The van der Waals surface area contributed by atoms with Gasteiger partial charge in [0.2, 0.25) is 0 Å². The minimum Gasteiger partial charge on any atom is -0.477 e. The van der Waals surface area contributed by atoms with Crippen LogP contribution in [0.2, 0.25) is 0 Å². The van der Waals surface area contributed by atoms with Gasteiger partial charge in [0.25, 0.3) is 0 Å². The molecule has 0 aliphatic heterocycles. The molecule has 0 amide bonds. The average molecular weight is 143 g/mol. The lowest BCUT2D eigenvalue weighted by Crippen LogP contribution is -2.23. The lowest BCUT2D eigenvalue weighted by atomic mass is 10.3. The Morgan fingerprint density at radius 3 is 2.70 bits per heavy atom. The van der Waals surface area contributed by atoms with Gasteiger partial charge in [0.15, 0.2) is 0 Å². The topological polar surface area (TPSA) is 99.5 Å². The lowest BCUT2D eigenvalue weighted by molar-refractivity contribution is -0.128. The molecule has 0 rings (SSSR count). The van der Waals surface area contributed by atoms with Crippen molar-refractivity contribution in [1.29, 1.82) is 5.41 Å². The second kappa shape index (κ2) is 3.60. The highest BCUT2D eigenvalue weighted by atomic mass is 16.4. The number of nitrogens with two attached hydrogens (primary N) is 1. The Kier molecular flexibility index (Phi) is 3.10. The third-order valence-corrected chi connectivity index (χ3v) is 0.859. The quantitative estimate of drug-likeness (QED) is 0.365. The molecular formula is C5H9N3O2. The lowest BCUT2D eigenvalue weighted by Gasteiger charge is -1.99. The van der Waals surface area contributed by atoms with Gasteiger partial charge in [-0.25, -0.2) is 4.79 Å². The first kappa shape index (κ1) is 8.61. The molecule has 0 bridgehead atoms. The number of hydrogen-bond acceptors (Lipinski definition) is 3. The molecule has 1 unspecified atom stereocenters. The van der Waals surface area contributed by atoms with Gasteiger partial charge in [0.1, 0.15) is 18.1 Å². The van der Waals surface area contributed by atoms with E-state index in [0.29, 0.717) is 0 Å². The second-order valence-corrected chi connectivity index (χ2v) is 1.75. The third-order valence-electron chi connectivity index (χ3n) is 0.859. The average Bonchev–Trinajstić information content (AvgIpc) is 1.82. The van der Waals surface area contributed by atoms with E-state index in [9.17, 15) is 4.79 Å². The van der Waals surface area contributed by atoms with Crippen LogP contribution in [0.4, 0.5) is 0 Å². The smallest absolute Gasteiger partial charge is 0.346 e. The van der Waals surface area contributed by atoms with Crippen LogP contribution in [-0.2, 0) is 4.79 Å². The fraction of sp³-hybridized carbons (Fsp3) is 0.400. The summed E-state index contributed by atoms with van der Waals surface area (Å²) in [5, 5.41) is 14.9. The standard InChI is InChI=1S/C5H9N3O2/c1-3(5(6)7)8-2-4(9)10/h2-3H,1H3,(H3,6,7)(H,9,10)/b8-2+. The monoisotopic (exact) mass is 143 g/mol. The van der Waals surface area contributed by atoms with Crippen LogP contribution >= 0.6 is 0 Å². The fourth-order valence-corrected chi connectivity index (χ4v) is 0.256. The number of carboxylic acids is 1. The maximum atomic E-state index is 9.87. The van der Waals surface area contributed by atoms with Crippen molar-refractivity contribution >= 4 is 18.0 Å². The number of amidine groups is 1. The molecular weight excluding hydrogens is 134 g/mol. The zero-order valence-electron chi connectivity index (χ0n) is 5.53. The Morgan fingerprint density at radius 2 is 2.40 bits per heavy atom. The van der Waals surface area contributed by atoms with Crippen molar-refractivity contribution in [2.45, 2.75) is 13.0 Å². The van der Waals surface area contributed by atoms with Gasteiger partial charge in [0.05, 0.1) is 0 Å². The molecule has 0 heterocycles. The van der Waals surface area contributed by atoms with Gasteiger partial charge < -0.3 is 10.8 Å². The molecule has 0 aromatic carbocycles. The van der Waals surface area contributed by atoms with E-state index in [2.05, 4.69) is 4.99 Å². The van der Waals surface area contributed by atoms with Crippen molar-refractivity contribution in [3.8, 4) is 0 Å². The maximum Gasteiger partial charge on any atom is 0.346 e. The summed E-state index contributed by atoms with van der Waals surface area (Å²) in [6, 6.07) is -0.545. The normalized spacial score (nSPS) is 13.3. The summed E-state index contributed by atoms with van der Waals surface area (Å²) >= 11 is 0. The number of nitrogens with one attached hydrogen (secondary N) is 1. The van der Waals surface area contributed by atoms with E-state index < -0.39 is 12.0 Å². The zero-order chi connectivity index (χ0) is 8.15. The Labute approximate surface area is 58.1 Å². The summed E-state index contributed by atoms with van der Waals surface area (Å²) in [4.78, 5) is 13.3. The van der Waals surface area contributed by atoms with E-state index in [1.54, 1.807) is 6.92 Å². The number of rotatable bonds is 3. The number of aliphatic carboxylic acids is 1. The Balaban J connectivity index is 3.89. The highest BCUT2D eigenvalue weighted by molar-refractivity contribution is 6.22. The van der Waals surface area contributed by atoms with Crippen molar-refractivity contribution in [2.24, 2.45) is 10.7 Å². The number of nitrogens with zero attached hydrogens (tertiary/aromatic N) is 1. The molecule has 5 heteroatoms. The molecule has 4 N–H and O–H groups in total. The van der Waals surface area contributed by atoms with Crippen molar-refractivity contribution in [3.05, 3.63) is 0 Å².